The highest BCUT2D eigenvalue weighted by Crippen LogP contribution is 2.35. The van der Waals surface area contributed by atoms with Crippen molar-refractivity contribution in [3.63, 3.8) is 0 Å². The van der Waals surface area contributed by atoms with Gasteiger partial charge in [0, 0.05) is 5.02 Å². The number of aryl methyl sites for hydroxylation is 2. The van der Waals surface area contributed by atoms with Crippen LogP contribution in [0.5, 0.6) is 0 Å². The highest BCUT2D eigenvalue weighted by molar-refractivity contribution is 9.09. The van der Waals surface area contributed by atoms with Crippen molar-refractivity contribution in [3.05, 3.63) is 69.7 Å². The molecule has 0 heterocycles. The van der Waals surface area contributed by atoms with Gasteiger partial charge in [-0.15, -0.1) is 0 Å². The molecule has 2 aromatic rings. The van der Waals surface area contributed by atoms with Gasteiger partial charge >= 0.3 is 0 Å². The van der Waals surface area contributed by atoms with Crippen LogP contribution < -0.4 is 0 Å². The molecule has 0 radical (unpaired) electrons. The van der Waals surface area contributed by atoms with Gasteiger partial charge in [-0.2, -0.15) is 0 Å². The Morgan fingerprint density at radius 3 is 2.32 bits per heavy atom. The zero-order valence-electron chi connectivity index (χ0n) is 11.3. The Balaban J connectivity index is 2.39. The summed E-state index contributed by atoms with van der Waals surface area (Å²) in [7, 11) is 0. The van der Waals surface area contributed by atoms with Gasteiger partial charge < -0.3 is 0 Å². The molecule has 0 aromatic heterocycles. The van der Waals surface area contributed by atoms with Crippen LogP contribution >= 0.6 is 27.5 Å². The molecule has 0 spiro atoms. The molecular formula is C17H18BrCl. The highest BCUT2D eigenvalue weighted by Gasteiger charge is 2.14. The van der Waals surface area contributed by atoms with Crippen LogP contribution in [-0.4, -0.2) is 0 Å². The van der Waals surface area contributed by atoms with Gasteiger partial charge in [0.05, 0.1) is 4.83 Å². The number of hydrogen-bond donors (Lipinski definition) is 0. The standard InChI is InChI=1S/C17H18BrCl/c1-3-12-9-10-14(11-13(12)4-2)17(18)15-7-5-6-8-16(15)19/h5-11,17H,3-4H2,1-2H3. The topological polar surface area (TPSA) is 0 Å². The summed E-state index contributed by atoms with van der Waals surface area (Å²) in [5.41, 5.74) is 5.25. The van der Waals surface area contributed by atoms with Crippen LogP contribution in [0.3, 0.4) is 0 Å². The first-order valence-corrected chi connectivity index (χ1v) is 7.96. The number of rotatable bonds is 4. The number of hydrogen-bond acceptors (Lipinski definition) is 0. The molecule has 0 saturated carbocycles. The van der Waals surface area contributed by atoms with E-state index in [1.54, 1.807) is 0 Å². The average Bonchev–Trinajstić information content (AvgIpc) is 2.46. The van der Waals surface area contributed by atoms with Crippen molar-refractivity contribution in [2.24, 2.45) is 0 Å². The van der Waals surface area contributed by atoms with Gasteiger partial charge in [0.25, 0.3) is 0 Å². The summed E-state index contributed by atoms with van der Waals surface area (Å²) in [6.45, 7) is 4.41. The minimum atomic E-state index is 0.150. The lowest BCUT2D eigenvalue weighted by Crippen LogP contribution is -1.98. The summed E-state index contributed by atoms with van der Waals surface area (Å²) in [5.74, 6) is 0. The lowest BCUT2D eigenvalue weighted by molar-refractivity contribution is 1.02. The van der Waals surface area contributed by atoms with Crippen molar-refractivity contribution >= 4 is 27.5 Å². The quantitative estimate of drug-likeness (QED) is 0.605. The molecule has 1 atom stereocenters. The number of alkyl halides is 1. The van der Waals surface area contributed by atoms with E-state index in [1.165, 1.54) is 16.7 Å². The van der Waals surface area contributed by atoms with Crippen molar-refractivity contribution in [1.29, 1.82) is 0 Å². The summed E-state index contributed by atoms with van der Waals surface area (Å²) >= 11 is 10.0. The Bertz CT molecular complexity index is 563. The van der Waals surface area contributed by atoms with E-state index < -0.39 is 0 Å². The predicted molar refractivity (Wildman–Crippen MR) is 87.4 cm³/mol. The first kappa shape index (κ1) is 14.6. The fourth-order valence-corrected chi connectivity index (χ4v) is 3.40. The SMILES string of the molecule is CCc1ccc(C(Br)c2ccccc2Cl)cc1CC. The van der Waals surface area contributed by atoms with Gasteiger partial charge in [0.15, 0.2) is 0 Å². The third-order valence-corrected chi connectivity index (χ3v) is 4.83. The van der Waals surface area contributed by atoms with E-state index in [-0.39, 0.29) is 4.83 Å². The third kappa shape index (κ3) is 3.21. The molecule has 0 aliphatic heterocycles. The molecule has 2 heteroatoms. The fourth-order valence-electron chi connectivity index (χ4n) is 2.34. The maximum Gasteiger partial charge on any atom is 0.0659 e. The molecule has 0 bridgehead atoms. The molecule has 2 aromatic carbocycles. The van der Waals surface area contributed by atoms with Crippen molar-refractivity contribution in [1.82, 2.24) is 0 Å². The number of benzene rings is 2. The average molecular weight is 338 g/mol. The first-order valence-electron chi connectivity index (χ1n) is 6.67. The minimum absolute atomic E-state index is 0.150. The van der Waals surface area contributed by atoms with Crippen LogP contribution in [0.25, 0.3) is 0 Å². The van der Waals surface area contributed by atoms with E-state index in [2.05, 4.69) is 54.0 Å². The lowest BCUT2D eigenvalue weighted by Gasteiger charge is -2.15. The Kier molecular flexibility index (Phi) is 5.06. The maximum atomic E-state index is 6.27. The van der Waals surface area contributed by atoms with Gasteiger partial charge in [-0.25, -0.2) is 0 Å². The van der Waals surface area contributed by atoms with E-state index in [0.717, 1.165) is 23.4 Å². The normalized spacial score (nSPS) is 12.4. The molecule has 0 amide bonds. The van der Waals surface area contributed by atoms with Gasteiger partial charge in [-0.1, -0.05) is 77.8 Å². The Morgan fingerprint density at radius 2 is 1.68 bits per heavy atom. The predicted octanol–water partition coefficient (Wildman–Crippen LogP) is 5.95. The Labute approximate surface area is 128 Å². The van der Waals surface area contributed by atoms with Crippen LogP contribution in [0.15, 0.2) is 42.5 Å². The summed E-state index contributed by atoms with van der Waals surface area (Å²) in [4.78, 5) is 0.150. The van der Waals surface area contributed by atoms with Crippen LogP contribution in [0.4, 0.5) is 0 Å². The summed E-state index contributed by atoms with van der Waals surface area (Å²) < 4.78 is 0. The second kappa shape index (κ2) is 6.58. The molecule has 19 heavy (non-hydrogen) atoms. The first-order chi connectivity index (χ1) is 9.17. The molecule has 0 saturated heterocycles. The minimum Gasteiger partial charge on any atom is -0.0840 e. The monoisotopic (exact) mass is 336 g/mol. The van der Waals surface area contributed by atoms with E-state index in [4.69, 9.17) is 11.6 Å². The van der Waals surface area contributed by atoms with E-state index >= 15 is 0 Å². The largest absolute Gasteiger partial charge is 0.0840 e. The van der Waals surface area contributed by atoms with E-state index in [1.807, 2.05) is 18.2 Å². The molecule has 1 unspecified atom stereocenters. The smallest absolute Gasteiger partial charge is 0.0659 e. The van der Waals surface area contributed by atoms with Crippen LogP contribution in [-0.2, 0) is 12.8 Å². The summed E-state index contributed by atoms with van der Waals surface area (Å²) in [6.07, 6.45) is 2.15. The number of halogens is 2. The third-order valence-electron chi connectivity index (χ3n) is 3.46. The van der Waals surface area contributed by atoms with Gasteiger partial charge in [0.1, 0.15) is 0 Å². The van der Waals surface area contributed by atoms with Gasteiger partial charge in [-0.3, -0.25) is 0 Å². The lowest BCUT2D eigenvalue weighted by atomic mass is 9.96. The van der Waals surface area contributed by atoms with E-state index in [0.29, 0.717) is 0 Å². The van der Waals surface area contributed by atoms with Crippen LogP contribution in [0.1, 0.15) is 40.9 Å². The van der Waals surface area contributed by atoms with Gasteiger partial charge in [0.2, 0.25) is 0 Å². The van der Waals surface area contributed by atoms with Gasteiger partial charge in [-0.05, 0) is 41.2 Å². The molecule has 2 rings (SSSR count). The molecule has 100 valence electrons. The molecule has 0 N–H and O–H groups in total. The molecule has 0 nitrogen and oxygen atoms in total. The molecule has 0 fully saturated rings. The van der Waals surface area contributed by atoms with Crippen LogP contribution in [0.2, 0.25) is 5.02 Å². The van der Waals surface area contributed by atoms with E-state index in [9.17, 15) is 0 Å². The molecular weight excluding hydrogens is 320 g/mol. The maximum absolute atomic E-state index is 6.27. The zero-order chi connectivity index (χ0) is 13.8. The summed E-state index contributed by atoms with van der Waals surface area (Å²) in [5, 5.41) is 0.807. The zero-order valence-corrected chi connectivity index (χ0v) is 13.6. The van der Waals surface area contributed by atoms with Crippen molar-refractivity contribution in [3.8, 4) is 0 Å². The Morgan fingerprint density at radius 1 is 1.00 bits per heavy atom. The van der Waals surface area contributed by atoms with Crippen LogP contribution in [0, 0.1) is 0 Å². The second-order valence-electron chi connectivity index (χ2n) is 4.62. The Hall–Kier alpha value is -0.790. The van der Waals surface area contributed by atoms with Crippen molar-refractivity contribution in [2.45, 2.75) is 31.5 Å². The molecule has 0 aliphatic carbocycles. The highest BCUT2D eigenvalue weighted by atomic mass is 79.9. The van der Waals surface area contributed by atoms with Crippen molar-refractivity contribution < 1.29 is 0 Å². The second-order valence-corrected chi connectivity index (χ2v) is 5.94. The van der Waals surface area contributed by atoms with Crippen molar-refractivity contribution in [2.75, 3.05) is 0 Å². The molecule has 0 aliphatic rings. The fraction of sp³-hybridized carbons (Fsp3) is 0.294. The summed E-state index contributed by atoms with van der Waals surface area (Å²) in [6, 6.07) is 14.7.